The van der Waals surface area contributed by atoms with Crippen LogP contribution in [0.5, 0.6) is 0 Å². The maximum absolute atomic E-state index is 13.4. The molecule has 0 aliphatic heterocycles. The van der Waals surface area contributed by atoms with E-state index in [0.29, 0.717) is 21.5 Å². The Morgan fingerprint density at radius 3 is 2.52 bits per heavy atom. The molecule has 11 heteroatoms. The lowest BCUT2D eigenvalue weighted by atomic mass is 10.1. The molecule has 0 radical (unpaired) electrons. The summed E-state index contributed by atoms with van der Waals surface area (Å²) < 4.78 is 63.5. The van der Waals surface area contributed by atoms with Crippen LogP contribution in [0.15, 0.2) is 41.7 Å². The van der Waals surface area contributed by atoms with Gasteiger partial charge in [-0.2, -0.15) is 13.2 Å². The number of thiazole rings is 1. The zero-order valence-corrected chi connectivity index (χ0v) is 15.7. The Labute approximate surface area is 157 Å². The Morgan fingerprint density at radius 2 is 1.93 bits per heavy atom. The average Bonchev–Trinajstić information content (AvgIpc) is 2.94. The number of rotatable bonds is 4. The largest absolute Gasteiger partial charge is 0.417 e. The molecule has 2 aromatic heterocycles. The lowest BCUT2D eigenvalue weighted by Crippen LogP contribution is -2.12. The van der Waals surface area contributed by atoms with Crippen LogP contribution in [0.3, 0.4) is 0 Å². The van der Waals surface area contributed by atoms with E-state index in [0.717, 1.165) is 29.7 Å². The van der Waals surface area contributed by atoms with E-state index in [1.807, 2.05) is 0 Å². The third-order valence-corrected chi connectivity index (χ3v) is 5.82. The molecule has 1 N–H and O–H groups in total. The van der Waals surface area contributed by atoms with Gasteiger partial charge in [-0.05, 0) is 24.6 Å². The van der Waals surface area contributed by atoms with E-state index in [1.165, 1.54) is 24.7 Å². The smallest absolute Gasteiger partial charge is 0.315 e. The van der Waals surface area contributed by atoms with E-state index in [1.54, 1.807) is 6.92 Å². The van der Waals surface area contributed by atoms with Crippen LogP contribution in [0.25, 0.3) is 10.4 Å². The highest BCUT2D eigenvalue weighted by Gasteiger charge is 2.36. The van der Waals surface area contributed by atoms with Crippen molar-refractivity contribution in [3.63, 3.8) is 0 Å². The van der Waals surface area contributed by atoms with Gasteiger partial charge in [-0.1, -0.05) is 17.4 Å². The van der Waals surface area contributed by atoms with Crippen LogP contribution in [-0.4, -0.2) is 29.6 Å². The predicted molar refractivity (Wildman–Crippen MR) is 95.7 cm³/mol. The quantitative estimate of drug-likeness (QED) is 0.693. The van der Waals surface area contributed by atoms with Gasteiger partial charge in [-0.25, -0.2) is 18.4 Å². The number of sulfone groups is 1. The minimum absolute atomic E-state index is 0.233. The molecular formula is C16H13F3N4O2S2. The summed E-state index contributed by atoms with van der Waals surface area (Å²) in [5, 5.41) is 3.37. The second kappa shape index (κ2) is 6.89. The van der Waals surface area contributed by atoms with Gasteiger partial charge in [0.05, 0.1) is 27.2 Å². The van der Waals surface area contributed by atoms with Crippen LogP contribution in [-0.2, 0) is 16.0 Å². The molecular weight excluding hydrogens is 401 g/mol. The number of hydrogen-bond donors (Lipinski definition) is 1. The normalized spacial score (nSPS) is 12.2. The summed E-state index contributed by atoms with van der Waals surface area (Å²) in [5.74, 6) is 0.446. The summed E-state index contributed by atoms with van der Waals surface area (Å²) >= 11 is 1.13. The molecule has 1 aromatic carbocycles. The first-order valence-electron chi connectivity index (χ1n) is 7.48. The van der Waals surface area contributed by atoms with E-state index in [2.05, 4.69) is 20.3 Å². The number of aromatic nitrogens is 3. The number of anilines is 2. The van der Waals surface area contributed by atoms with Crippen molar-refractivity contribution in [3.8, 4) is 10.4 Å². The molecule has 6 nitrogen and oxygen atoms in total. The fourth-order valence-electron chi connectivity index (χ4n) is 2.41. The molecule has 0 bridgehead atoms. The minimum Gasteiger partial charge on any atom is -0.315 e. The van der Waals surface area contributed by atoms with Crippen LogP contribution < -0.4 is 5.32 Å². The molecule has 0 amide bonds. The van der Waals surface area contributed by atoms with Gasteiger partial charge in [-0.15, -0.1) is 0 Å². The number of alkyl halides is 3. The molecule has 142 valence electrons. The molecule has 0 unspecified atom stereocenters. The Balaban J connectivity index is 2.04. The van der Waals surface area contributed by atoms with Gasteiger partial charge in [0.25, 0.3) is 0 Å². The van der Waals surface area contributed by atoms with Crippen molar-refractivity contribution in [2.24, 2.45) is 0 Å². The standard InChI is InChI=1S/C16H13F3N4O2S2/c1-9-14(26-15(22-9)23-13-8-20-5-6-21-13)10-3-4-12(27(2,24)25)11(7-10)16(17,18)19/h3-8H,1-2H3,(H,21,22,23). The van der Waals surface area contributed by atoms with Gasteiger partial charge < -0.3 is 5.32 Å². The number of aryl methyl sites for hydroxylation is 1. The SMILES string of the molecule is Cc1nc(Nc2cnccn2)sc1-c1ccc(S(C)(=O)=O)c(C(F)(F)F)c1. The molecule has 3 aromatic rings. The predicted octanol–water partition coefficient (Wildman–Crippen LogP) is 4.07. The van der Waals surface area contributed by atoms with Gasteiger partial charge in [0.2, 0.25) is 0 Å². The first-order valence-corrected chi connectivity index (χ1v) is 10.2. The van der Waals surface area contributed by atoms with E-state index >= 15 is 0 Å². The zero-order chi connectivity index (χ0) is 19.8. The highest BCUT2D eigenvalue weighted by molar-refractivity contribution is 7.90. The zero-order valence-electron chi connectivity index (χ0n) is 14.1. The van der Waals surface area contributed by atoms with Crippen molar-refractivity contribution in [3.05, 3.63) is 48.0 Å². The number of halogens is 3. The summed E-state index contributed by atoms with van der Waals surface area (Å²) in [6, 6.07) is 3.16. The highest BCUT2D eigenvalue weighted by atomic mass is 32.2. The number of nitrogens with one attached hydrogen (secondary N) is 1. The van der Waals surface area contributed by atoms with Gasteiger partial charge in [0.15, 0.2) is 20.8 Å². The molecule has 27 heavy (non-hydrogen) atoms. The molecule has 2 heterocycles. The third-order valence-electron chi connectivity index (χ3n) is 3.54. The Morgan fingerprint density at radius 1 is 1.19 bits per heavy atom. The van der Waals surface area contributed by atoms with Crippen molar-refractivity contribution in [2.75, 3.05) is 11.6 Å². The number of benzene rings is 1. The van der Waals surface area contributed by atoms with Gasteiger partial charge in [-0.3, -0.25) is 4.98 Å². The molecule has 0 saturated carbocycles. The first-order chi connectivity index (χ1) is 12.6. The molecule has 0 saturated heterocycles. The van der Waals surface area contributed by atoms with Crippen molar-refractivity contribution >= 4 is 32.1 Å². The summed E-state index contributed by atoms with van der Waals surface area (Å²) in [6.07, 6.45) is 0.430. The van der Waals surface area contributed by atoms with Crippen LogP contribution in [0.2, 0.25) is 0 Å². The second-order valence-electron chi connectivity index (χ2n) is 5.63. The highest BCUT2D eigenvalue weighted by Crippen LogP contribution is 2.40. The topological polar surface area (TPSA) is 84.8 Å². The average molecular weight is 414 g/mol. The van der Waals surface area contributed by atoms with Gasteiger partial charge in [0.1, 0.15) is 0 Å². The summed E-state index contributed by atoms with van der Waals surface area (Å²) in [5.41, 5.74) is -0.456. The van der Waals surface area contributed by atoms with E-state index in [4.69, 9.17) is 0 Å². The number of nitrogens with zero attached hydrogens (tertiary/aromatic N) is 3. The molecule has 0 aliphatic carbocycles. The fourth-order valence-corrected chi connectivity index (χ4v) is 4.27. The van der Waals surface area contributed by atoms with Gasteiger partial charge >= 0.3 is 6.18 Å². The Hall–Kier alpha value is -2.53. The number of hydrogen-bond acceptors (Lipinski definition) is 7. The van der Waals surface area contributed by atoms with Crippen molar-refractivity contribution < 1.29 is 21.6 Å². The Kier molecular flexibility index (Phi) is 4.91. The van der Waals surface area contributed by atoms with E-state index in [9.17, 15) is 21.6 Å². The third kappa shape index (κ3) is 4.25. The second-order valence-corrected chi connectivity index (χ2v) is 8.61. The van der Waals surface area contributed by atoms with Crippen molar-refractivity contribution in [1.29, 1.82) is 0 Å². The molecule has 0 spiro atoms. The molecule has 0 aliphatic rings. The lowest BCUT2D eigenvalue weighted by Gasteiger charge is -2.13. The summed E-state index contributed by atoms with van der Waals surface area (Å²) in [4.78, 5) is 12.0. The van der Waals surface area contributed by atoms with Crippen molar-refractivity contribution in [2.45, 2.75) is 18.0 Å². The van der Waals surface area contributed by atoms with Crippen molar-refractivity contribution in [1.82, 2.24) is 15.0 Å². The van der Waals surface area contributed by atoms with Crippen LogP contribution >= 0.6 is 11.3 Å². The van der Waals surface area contributed by atoms with Crippen LogP contribution in [0, 0.1) is 6.92 Å². The molecule has 3 rings (SSSR count). The Bertz CT molecular complexity index is 1080. The van der Waals surface area contributed by atoms with Gasteiger partial charge in [0, 0.05) is 18.6 Å². The summed E-state index contributed by atoms with van der Waals surface area (Å²) in [6.45, 7) is 1.66. The minimum atomic E-state index is -4.80. The monoisotopic (exact) mass is 414 g/mol. The maximum atomic E-state index is 13.4. The van der Waals surface area contributed by atoms with Crippen LogP contribution in [0.1, 0.15) is 11.3 Å². The lowest BCUT2D eigenvalue weighted by molar-refractivity contribution is -0.139. The van der Waals surface area contributed by atoms with Crippen LogP contribution in [0.4, 0.5) is 24.1 Å². The fraction of sp³-hybridized carbons (Fsp3) is 0.188. The summed E-state index contributed by atoms with van der Waals surface area (Å²) in [7, 11) is -4.02. The molecule has 0 atom stereocenters. The van der Waals surface area contributed by atoms with E-state index < -0.39 is 26.5 Å². The van der Waals surface area contributed by atoms with E-state index in [-0.39, 0.29) is 5.56 Å². The first kappa shape index (κ1) is 19.2. The maximum Gasteiger partial charge on any atom is 0.417 e. The molecule has 0 fully saturated rings.